The lowest BCUT2D eigenvalue weighted by Crippen LogP contribution is -2.23. The Morgan fingerprint density at radius 1 is 1.16 bits per heavy atom. The molecule has 0 aliphatic heterocycles. The summed E-state index contributed by atoms with van der Waals surface area (Å²) in [5.41, 5.74) is 0. The van der Waals surface area contributed by atoms with E-state index in [4.69, 9.17) is 4.74 Å². The van der Waals surface area contributed by atoms with Crippen molar-refractivity contribution in [1.82, 2.24) is 5.32 Å². The molecule has 0 amide bonds. The van der Waals surface area contributed by atoms with Crippen LogP contribution in [-0.2, 0) is 0 Å². The van der Waals surface area contributed by atoms with E-state index in [1.807, 2.05) is 0 Å². The molecule has 0 bridgehead atoms. The van der Waals surface area contributed by atoms with Gasteiger partial charge in [-0.1, -0.05) is 42.6 Å². The van der Waals surface area contributed by atoms with Gasteiger partial charge in [0.2, 0.25) is 0 Å². The summed E-state index contributed by atoms with van der Waals surface area (Å²) in [6, 6.07) is 5.19. The first-order valence-corrected chi connectivity index (χ1v) is 7.69. The normalized spacial score (nSPS) is 11.0. The fraction of sp³-hybridized carbons (Fsp3) is 0.600. The zero-order valence-corrected chi connectivity index (χ0v) is 13.3. The molecular formula is C15H23BrFNO. The van der Waals surface area contributed by atoms with Crippen LogP contribution in [0, 0.1) is 5.82 Å². The van der Waals surface area contributed by atoms with E-state index >= 15 is 0 Å². The highest BCUT2D eigenvalue weighted by Gasteiger charge is 2.00. The minimum absolute atomic E-state index is 0.274. The van der Waals surface area contributed by atoms with Crippen molar-refractivity contribution in [3.63, 3.8) is 0 Å². The molecular weight excluding hydrogens is 309 g/mol. The number of hydrogen-bond acceptors (Lipinski definition) is 2. The summed E-state index contributed by atoms with van der Waals surface area (Å²) in [4.78, 5) is 0. The average molecular weight is 332 g/mol. The predicted molar refractivity (Wildman–Crippen MR) is 81.2 cm³/mol. The van der Waals surface area contributed by atoms with Gasteiger partial charge in [-0.3, -0.25) is 0 Å². The third-order valence-corrected chi connectivity index (χ3v) is 3.19. The lowest BCUT2D eigenvalue weighted by molar-refractivity contribution is 0.302. The smallest absolute Gasteiger partial charge is 0.128 e. The van der Waals surface area contributed by atoms with Crippen LogP contribution in [0.3, 0.4) is 0 Å². The number of benzene rings is 1. The van der Waals surface area contributed by atoms with Gasteiger partial charge >= 0.3 is 0 Å². The molecule has 0 radical (unpaired) electrons. The molecule has 0 aliphatic rings. The highest BCUT2D eigenvalue weighted by atomic mass is 79.9. The molecule has 0 unspecified atom stereocenters. The molecule has 0 aliphatic carbocycles. The molecule has 19 heavy (non-hydrogen) atoms. The van der Waals surface area contributed by atoms with Gasteiger partial charge in [0.1, 0.15) is 11.6 Å². The van der Waals surface area contributed by atoms with Gasteiger partial charge in [-0.15, -0.1) is 0 Å². The maximum atomic E-state index is 13.1. The van der Waals surface area contributed by atoms with E-state index in [0.717, 1.165) is 19.4 Å². The van der Waals surface area contributed by atoms with Crippen molar-refractivity contribution in [2.24, 2.45) is 0 Å². The highest BCUT2D eigenvalue weighted by Crippen LogP contribution is 2.20. The van der Waals surface area contributed by atoms with E-state index in [-0.39, 0.29) is 5.82 Å². The number of nitrogens with one attached hydrogen (secondary N) is 1. The Balaban J connectivity index is 2.04. The Morgan fingerprint density at radius 2 is 1.89 bits per heavy atom. The molecule has 1 aromatic rings. The molecule has 108 valence electrons. The summed E-state index contributed by atoms with van der Waals surface area (Å²) in [5.74, 6) is 0.317. The first-order chi connectivity index (χ1) is 9.08. The molecule has 0 fully saturated rings. The van der Waals surface area contributed by atoms with Gasteiger partial charge in [0, 0.05) is 16.6 Å². The summed E-state index contributed by atoms with van der Waals surface area (Å²) in [6.07, 6.45) is 4.56. The summed E-state index contributed by atoms with van der Waals surface area (Å²) in [7, 11) is 0. The highest BCUT2D eigenvalue weighted by molar-refractivity contribution is 9.10. The van der Waals surface area contributed by atoms with Gasteiger partial charge in [-0.05, 0) is 31.5 Å². The largest absolute Gasteiger partial charge is 0.493 e. The maximum Gasteiger partial charge on any atom is 0.128 e. The quantitative estimate of drug-likeness (QED) is 0.671. The zero-order chi connectivity index (χ0) is 14.1. The number of unbranched alkanes of at least 4 members (excludes halogenated alkanes) is 3. The Morgan fingerprint density at radius 3 is 2.58 bits per heavy atom. The summed E-state index contributed by atoms with van der Waals surface area (Å²) < 4.78 is 19.3. The van der Waals surface area contributed by atoms with Crippen LogP contribution in [0.2, 0.25) is 0 Å². The van der Waals surface area contributed by atoms with Gasteiger partial charge in [-0.2, -0.15) is 0 Å². The van der Waals surface area contributed by atoms with E-state index in [1.54, 1.807) is 6.07 Å². The SMILES string of the molecule is CC(C)NCCCCCCOc1cc(F)cc(Br)c1. The van der Waals surface area contributed by atoms with Crippen LogP contribution in [0.5, 0.6) is 5.75 Å². The minimum Gasteiger partial charge on any atom is -0.493 e. The van der Waals surface area contributed by atoms with Crippen molar-refractivity contribution in [2.75, 3.05) is 13.2 Å². The van der Waals surface area contributed by atoms with E-state index in [2.05, 4.69) is 35.1 Å². The minimum atomic E-state index is -0.274. The second-order valence-electron chi connectivity index (χ2n) is 4.98. The van der Waals surface area contributed by atoms with E-state index in [9.17, 15) is 4.39 Å². The van der Waals surface area contributed by atoms with Crippen molar-refractivity contribution in [2.45, 2.75) is 45.6 Å². The van der Waals surface area contributed by atoms with Gasteiger partial charge in [0.25, 0.3) is 0 Å². The number of rotatable bonds is 9. The molecule has 4 heteroatoms. The van der Waals surface area contributed by atoms with Crippen molar-refractivity contribution < 1.29 is 9.13 Å². The van der Waals surface area contributed by atoms with Crippen LogP contribution < -0.4 is 10.1 Å². The zero-order valence-electron chi connectivity index (χ0n) is 11.7. The summed E-state index contributed by atoms with van der Waals surface area (Å²) >= 11 is 3.25. The van der Waals surface area contributed by atoms with Crippen LogP contribution >= 0.6 is 15.9 Å². The molecule has 0 saturated heterocycles. The van der Waals surface area contributed by atoms with E-state index in [1.165, 1.54) is 25.0 Å². The van der Waals surface area contributed by atoms with Crippen molar-refractivity contribution >= 4 is 15.9 Å². The molecule has 0 atom stereocenters. The molecule has 0 saturated carbocycles. The Hall–Kier alpha value is -0.610. The molecule has 0 spiro atoms. The molecule has 1 N–H and O–H groups in total. The van der Waals surface area contributed by atoms with Gasteiger partial charge < -0.3 is 10.1 Å². The summed E-state index contributed by atoms with van der Waals surface area (Å²) in [5, 5.41) is 3.40. The van der Waals surface area contributed by atoms with Crippen LogP contribution in [0.1, 0.15) is 39.5 Å². The fourth-order valence-corrected chi connectivity index (χ4v) is 2.22. The third kappa shape index (κ3) is 8.22. The third-order valence-electron chi connectivity index (χ3n) is 2.73. The van der Waals surface area contributed by atoms with E-state index < -0.39 is 0 Å². The van der Waals surface area contributed by atoms with Crippen LogP contribution in [0.25, 0.3) is 0 Å². The van der Waals surface area contributed by atoms with Crippen LogP contribution in [0.4, 0.5) is 4.39 Å². The van der Waals surface area contributed by atoms with Crippen molar-refractivity contribution in [3.8, 4) is 5.75 Å². The topological polar surface area (TPSA) is 21.3 Å². The molecule has 1 rings (SSSR count). The second-order valence-corrected chi connectivity index (χ2v) is 5.89. The Bertz CT molecular complexity index is 351. The first kappa shape index (κ1) is 16.4. The van der Waals surface area contributed by atoms with E-state index in [0.29, 0.717) is 22.9 Å². The Labute approximate surface area is 123 Å². The predicted octanol–water partition coefficient (Wildman–Crippen LogP) is 4.53. The summed E-state index contributed by atoms with van der Waals surface area (Å²) in [6.45, 7) is 6.04. The monoisotopic (exact) mass is 331 g/mol. The van der Waals surface area contributed by atoms with Gasteiger partial charge in [-0.25, -0.2) is 4.39 Å². The molecule has 0 aromatic heterocycles. The lowest BCUT2D eigenvalue weighted by Gasteiger charge is -2.08. The maximum absolute atomic E-state index is 13.1. The number of hydrogen-bond donors (Lipinski definition) is 1. The Kier molecular flexibility index (Phi) is 8.07. The van der Waals surface area contributed by atoms with Crippen molar-refractivity contribution in [1.29, 1.82) is 0 Å². The average Bonchev–Trinajstić information content (AvgIpc) is 2.31. The number of ether oxygens (including phenoxy) is 1. The van der Waals surface area contributed by atoms with Crippen LogP contribution in [-0.4, -0.2) is 19.2 Å². The van der Waals surface area contributed by atoms with Gasteiger partial charge in [0.15, 0.2) is 0 Å². The standard InChI is InChI=1S/C15H23BrFNO/c1-12(2)18-7-5-3-4-6-8-19-15-10-13(16)9-14(17)11-15/h9-12,18H,3-8H2,1-2H3. The first-order valence-electron chi connectivity index (χ1n) is 6.90. The fourth-order valence-electron chi connectivity index (χ4n) is 1.77. The lowest BCUT2D eigenvalue weighted by atomic mass is 10.2. The number of halogens is 2. The molecule has 0 heterocycles. The van der Waals surface area contributed by atoms with Crippen LogP contribution in [0.15, 0.2) is 22.7 Å². The molecule has 2 nitrogen and oxygen atoms in total. The second kappa shape index (κ2) is 9.32. The molecule has 1 aromatic carbocycles. The van der Waals surface area contributed by atoms with Crippen molar-refractivity contribution in [3.05, 3.63) is 28.5 Å². The van der Waals surface area contributed by atoms with Gasteiger partial charge in [0.05, 0.1) is 6.61 Å².